The van der Waals surface area contributed by atoms with Crippen LogP contribution in [0.1, 0.15) is 5.56 Å². The van der Waals surface area contributed by atoms with Gasteiger partial charge in [0.15, 0.2) is 0 Å². The lowest BCUT2D eigenvalue weighted by atomic mass is 9.95. The number of nitrogens with two attached hydrogens (primary N) is 1. The van der Waals surface area contributed by atoms with Gasteiger partial charge >= 0.3 is 0 Å². The fraction of sp³-hybridized carbons (Fsp3) is 0. The third-order valence-corrected chi connectivity index (χ3v) is 3.75. The number of pyridine rings is 1. The summed E-state index contributed by atoms with van der Waals surface area (Å²) in [5.41, 5.74) is 5.33. The standard InChI is InChI=1S/C17H14ClN3O/c1-10(21-19)15-16(11-5-3-2-4-6-11)13-9-12(18)7-8-14(13)20-17(15)22/h2-9,21H,1,19H2,(H,20,22). The Kier molecular flexibility index (Phi) is 3.71. The highest BCUT2D eigenvalue weighted by Crippen LogP contribution is 2.32. The third kappa shape index (κ3) is 2.39. The Hall–Kier alpha value is -2.56. The summed E-state index contributed by atoms with van der Waals surface area (Å²) in [5, 5.41) is 1.43. The second-order valence-corrected chi connectivity index (χ2v) is 5.32. The highest BCUT2D eigenvalue weighted by atomic mass is 35.5. The molecule has 0 saturated heterocycles. The van der Waals surface area contributed by atoms with Crippen LogP contribution in [0.15, 0.2) is 59.9 Å². The van der Waals surface area contributed by atoms with Gasteiger partial charge in [0.2, 0.25) is 0 Å². The lowest BCUT2D eigenvalue weighted by Gasteiger charge is -2.14. The number of rotatable bonds is 3. The molecule has 1 heterocycles. The van der Waals surface area contributed by atoms with E-state index in [9.17, 15) is 4.79 Å². The van der Waals surface area contributed by atoms with Crippen molar-refractivity contribution in [2.75, 3.05) is 0 Å². The molecule has 0 aliphatic heterocycles. The summed E-state index contributed by atoms with van der Waals surface area (Å²) in [6.45, 7) is 3.83. The van der Waals surface area contributed by atoms with Gasteiger partial charge in [0.05, 0.1) is 11.3 Å². The van der Waals surface area contributed by atoms with Crippen molar-refractivity contribution in [3.8, 4) is 11.1 Å². The van der Waals surface area contributed by atoms with Crippen LogP contribution in [-0.4, -0.2) is 4.98 Å². The van der Waals surface area contributed by atoms with Crippen LogP contribution in [0, 0.1) is 0 Å². The smallest absolute Gasteiger partial charge is 0.258 e. The number of benzene rings is 2. The molecule has 3 rings (SSSR count). The van der Waals surface area contributed by atoms with E-state index in [0.717, 1.165) is 16.5 Å². The van der Waals surface area contributed by atoms with Gasteiger partial charge in [-0.2, -0.15) is 0 Å². The minimum atomic E-state index is -0.253. The fourth-order valence-corrected chi connectivity index (χ4v) is 2.70. The molecule has 0 atom stereocenters. The van der Waals surface area contributed by atoms with Gasteiger partial charge in [-0.3, -0.25) is 10.6 Å². The Morgan fingerprint density at radius 2 is 1.91 bits per heavy atom. The van der Waals surface area contributed by atoms with Crippen LogP contribution in [0.2, 0.25) is 5.02 Å². The predicted molar refractivity (Wildman–Crippen MR) is 91.4 cm³/mol. The van der Waals surface area contributed by atoms with Crippen molar-refractivity contribution in [1.29, 1.82) is 0 Å². The number of halogens is 1. The van der Waals surface area contributed by atoms with Crippen LogP contribution in [0.5, 0.6) is 0 Å². The molecule has 0 bridgehead atoms. The van der Waals surface area contributed by atoms with Gasteiger partial charge in [0, 0.05) is 21.5 Å². The van der Waals surface area contributed by atoms with Crippen LogP contribution in [0.3, 0.4) is 0 Å². The molecule has 0 aliphatic rings. The minimum Gasteiger partial charge on any atom is -0.324 e. The molecular weight excluding hydrogens is 298 g/mol. The maximum absolute atomic E-state index is 12.5. The summed E-state index contributed by atoms with van der Waals surface area (Å²) < 4.78 is 0. The first kappa shape index (κ1) is 14.4. The van der Waals surface area contributed by atoms with E-state index >= 15 is 0 Å². The molecule has 4 nitrogen and oxygen atoms in total. The van der Waals surface area contributed by atoms with Crippen LogP contribution in [0.25, 0.3) is 27.7 Å². The van der Waals surface area contributed by atoms with E-state index in [1.165, 1.54) is 0 Å². The summed E-state index contributed by atoms with van der Waals surface area (Å²) in [5.74, 6) is 5.47. The number of aromatic amines is 1. The first-order valence-corrected chi connectivity index (χ1v) is 7.06. The first-order chi connectivity index (χ1) is 10.6. The molecule has 5 heteroatoms. The summed E-state index contributed by atoms with van der Waals surface area (Å²) in [6, 6.07) is 15.0. The van der Waals surface area contributed by atoms with E-state index in [4.69, 9.17) is 17.4 Å². The van der Waals surface area contributed by atoms with Crippen LogP contribution in [-0.2, 0) is 0 Å². The summed E-state index contributed by atoms with van der Waals surface area (Å²) in [4.78, 5) is 15.3. The van der Waals surface area contributed by atoms with E-state index in [-0.39, 0.29) is 5.56 Å². The zero-order chi connectivity index (χ0) is 15.7. The van der Waals surface area contributed by atoms with Gasteiger partial charge in [-0.15, -0.1) is 0 Å². The van der Waals surface area contributed by atoms with Crippen molar-refractivity contribution in [3.05, 3.63) is 76.0 Å². The summed E-state index contributed by atoms with van der Waals surface area (Å²) in [6.07, 6.45) is 0. The highest BCUT2D eigenvalue weighted by molar-refractivity contribution is 6.31. The van der Waals surface area contributed by atoms with Gasteiger partial charge < -0.3 is 10.4 Å². The van der Waals surface area contributed by atoms with Gasteiger partial charge in [-0.1, -0.05) is 48.5 Å². The number of nitrogens with one attached hydrogen (secondary N) is 2. The third-order valence-electron chi connectivity index (χ3n) is 3.51. The Morgan fingerprint density at radius 3 is 2.59 bits per heavy atom. The Labute approximate surface area is 132 Å². The molecule has 4 N–H and O–H groups in total. The molecular formula is C17H14ClN3O. The summed E-state index contributed by atoms with van der Waals surface area (Å²) >= 11 is 6.13. The normalized spacial score (nSPS) is 10.6. The van der Waals surface area contributed by atoms with E-state index in [2.05, 4.69) is 17.0 Å². The van der Waals surface area contributed by atoms with Gasteiger partial charge in [-0.25, -0.2) is 0 Å². The second-order valence-electron chi connectivity index (χ2n) is 4.88. The van der Waals surface area contributed by atoms with Crippen molar-refractivity contribution in [2.45, 2.75) is 0 Å². The van der Waals surface area contributed by atoms with Crippen LogP contribution in [0.4, 0.5) is 0 Å². The molecule has 0 aliphatic carbocycles. The number of H-pyrrole nitrogens is 1. The number of aromatic nitrogens is 1. The average Bonchev–Trinajstić information content (AvgIpc) is 2.54. The van der Waals surface area contributed by atoms with Crippen molar-refractivity contribution in [1.82, 2.24) is 10.4 Å². The lowest BCUT2D eigenvalue weighted by Crippen LogP contribution is -2.25. The maximum atomic E-state index is 12.5. The van der Waals surface area contributed by atoms with Gasteiger partial charge in [0.25, 0.3) is 5.56 Å². The van der Waals surface area contributed by atoms with Crippen LogP contribution < -0.4 is 16.8 Å². The zero-order valence-corrected chi connectivity index (χ0v) is 12.4. The first-order valence-electron chi connectivity index (χ1n) is 6.68. The fourth-order valence-electron chi connectivity index (χ4n) is 2.53. The SMILES string of the molecule is C=C(NN)c1c(-c2ccccc2)c2cc(Cl)ccc2[nH]c1=O. The van der Waals surface area contributed by atoms with E-state index < -0.39 is 0 Å². The zero-order valence-electron chi connectivity index (χ0n) is 11.7. The van der Waals surface area contributed by atoms with E-state index in [1.54, 1.807) is 12.1 Å². The molecule has 0 spiro atoms. The number of fused-ring (bicyclic) bond motifs is 1. The quantitative estimate of drug-likeness (QED) is 0.513. The number of hydrogen-bond donors (Lipinski definition) is 3. The molecule has 0 radical (unpaired) electrons. The topological polar surface area (TPSA) is 70.9 Å². The van der Waals surface area contributed by atoms with Crippen LogP contribution >= 0.6 is 11.6 Å². The maximum Gasteiger partial charge on any atom is 0.258 e. The van der Waals surface area contributed by atoms with Crippen molar-refractivity contribution < 1.29 is 0 Å². The molecule has 22 heavy (non-hydrogen) atoms. The Balaban J connectivity index is 2.50. The predicted octanol–water partition coefficient (Wildman–Crippen LogP) is 3.28. The number of hydrogen-bond acceptors (Lipinski definition) is 3. The molecule has 110 valence electrons. The molecule has 2 aromatic carbocycles. The van der Waals surface area contributed by atoms with Crippen molar-refractivity contribution >= 4 is 28.2 Å². The van der Waals surface area contributed by atoms with Gasteiger partial charge in [0.1, 0.15) is 0 Å². The largest absolute Gasteiger partial charge is 0.324 e. The average molecular weight is 312 g/mol. The summed E-state index contributed by atoms with van der Waals surface area (Å²) in [7, 11) is 0. The molecule has 0 unspecified atom stereocenters. The minimum absolute atomic E-state index is 0.253. The monoisotopic (exact) mass is 311 g/mol. The van der Waals surface area contributed by atoms with Crippen molar-refractivity contribution in [3.63, 3.8) is 0 Å². The second kappa shape index (κ2) is 5.67. The molecule has 0 saturated carbocycles. The van der Waals surface area contributed by atoms with E-state index in [0.29, 0.717) is 21.8 Å². The molecule has 3 aromatic rings. The molecule has 1 aromatic heterocycles. The number of hydrazine groups is 1. The Morgan fingerprint density at radius 1 is 1.18 bits per heavy atom. The highest BCUT2D eigenvalue weighted by Gasteiger charge is 2.16. The Bertz CT molecular complexity index is 916. The molecule has 0 amide bonds. The van der Waals surface area contributed by atoms with E-state index in [1.807, 2.05) is 36.4 Å². The van der Waals surface area contributed by atoms with Gasteiger partial charge in [-0.05, 0) is 23.8 Å². The van der Waals surface area contributed by atoms with Crippen molar-refractivity contribution in [2.24, 2.45) is 5.84 Å². The molecule has 0 fully saturated rings. The lowest BCUT2D eigenvalue weighted by molar-refractivity contribution is 0.990.